The van der Waals surface area contributed by atoms with E-state index in [1.807, 2.05) is 13.8 Å². The molecule has 22 heavy (non-hydrogen) atoms. The number of nitrogens with zero attached hydrogens (tertiary/aromatic N) is 1. The zero-order chi connectivity index (χ0) is 16.3. The Kier molecular flexibility index (Phi) is 5.63. The first kappa shape index (κ1) is 17.4. The van der Waals surface area contributed by atoms with Crippen molar-refractivity contribution in [1.29, 1.82) is 0 Å². The highest BCUT2D eigenvalue weighted by atomic mass is 32.2. The first-order valence-corrected chi connectivity index (χ1v) is 10.1. The Morgan fingerprint density at radius 2 is 2.09 bits per heavy atom. The molecule has 1 amide bonds. The number of carbonyl (C=O) groups excluding carboxylic acids is 1. The zero-order valence-electron chi connectivity index (χ0n) is 13.3. The van der Waals surface area contributed by atoms with Gasteiger partial charge in [-0.2, -0.15) is 4.31 Å². The van der Waals surface area contributed by atoms with Gasteiger partial charge >= 0.3 is 0 Å². The van der Waals surface area contributed by atoms with E-state index >= 15 is 0 Å². The lowest BCUT2D eigenvalue weighted by Gasteiger charge is -2.29. The van der Waals surface area contributed by atoms with Crippen LogP contribution in [0.1, 0.15) is 49.7 Å². The molecule has 0 bridgehead atoms. The molecular formula is C15H24N2O3S2. The maximum absolute atomic E-state index is 12.6. The number of thiophene rings is 1. The van der Waals surface area contributed by atoms with Crippen molar-refractivity contribution in [1.82, 2.24) is 9.62 Å². The van der Waals surface area contributed by atoms with E-state index in [-0.39, 0.29) is 16.8 Å². The maximum Gasteiger partial charge on any atom is 0.261 e. The lowest BCUT2D eigenvalue weighted by atomic mass is 10.0. The summed E-state index contributed by atoms with van der Waals surface area (Å²) in [6, 6.07) is 1.58. The van der Waals surface area contributed by atoms with Gasteiger partial charge in [0.25, 0.3) is 5.91 Å². The molecular weight excluding hydrogens is 320 g/mol. The largest absolute Gasteiger partial charge is 0.349 e. The third kappa shape index (κ3) is 3.88. The molecule has 2 heterocycles. The quantitative estimate of drug-likeness (QED) is 0.893. The topological polar surface area (TPSA) is 66.5 Å². The number of hydrogen-bond acceptors (Lipinski definition) is 4. The van der Waals surface area contributed by atoms with Gasteiger partial charge in [-0.25, -0.2) is 8.42 Å². The van der Waals surface area contributed by atoms with Crippen LogP contribution in [0.25, 0.3) is 0 Å². The highest BCUT2D eigenvalue weighted by Gasteiger charge is 2.29. The summed E-state index contributed by atoms with van der Waals surface area (Å²) < 4.78 is 26.8. The molecule has 0 aromatic carbocycles. The van der Waals surface area contributed by atoms with E-state index in [1.165, 1.54) is 21.7 Å². The Labute approximate surface area is 136 Å². The van der Waals surface area contributed by atoms with Crippen molar-refractivity contribution >= 4 is 27.3 Å². The summed E-state index contributed by atoms with van der Waals surface area (Å²) in [5.74, 6) is 0.374. The summed E-state index contributed by atoms with van der Waals surface area (Å²) in [5, 5.41) is 4.43. The minimum atomic E-state index is -3.47. The Morgan fingerprint density at radius 3 is 2.68 bits per heavy atom. The van der Waals surface area contributed by atoms with E-state index in [1.54, 1.807) is 5.38 Å². The van der Waals surface area contributed by atoms with Gasteiger partial charge < -0.3 is 5.32 Å². The lowest BCUT2D eigenvalue weighted by Crippen LogP contribution is -2.37. The van der Waals surface area contributed by atoms with Crippen molar-refractivity contribution in [2.24, 2.45) is 5.92 Å². The average Bonchev–Trinajstić information content (AvgIpc) is 2.98. The van der Waals surface area contributed by atoms with Crippen LogP contribution in [-0.2, 0) is 10.0 Å². The predicted molar refractivity (Wildman–Crippen MR) is 88.7 cm³/mol. The van der Waals surface area contributed by atoms with Gasteiger partial charge in [-0.15, -0.1) is 11.3 Å². The number of carbonyl (C=O) groups is 1. The Hall–Kier alpha value is -0.920. The molecule has 2 rings (SSSR count). The molecule has 0 aliphatic carbocycles. The summed E-state index contributed by atoms with van der Waals surface area (Å²) in [4.78, 5) is 12.8. The number of sulfonamides is 1. The second-order valence-corrected chi connectivity index (χ2v) is 8.87. The van der Waals surface area contributed by atoms with Crippen molar-refractivity contribution in [3.05, 3.63) is 16.3 Å². The van der Waals surface area contributed by atoms with E-state index in [0.29, 0.717) is 23.9 Å². The molecule has 0 unspecified atom stereocenters. The van der Waals surface area contributed by atoms with Crippen LogP contribution in [-0.4, -0.2) is 37.8 Å². The van der Waals surface area contributed by atoms with Crippen LogP contribution in [0.3, 0.4) is 0 Å². The van der Waals surface area contributed by atoms with Gasteiger partial charge in [0.15, 0.2) is 0 Å². The number of hydrogen-bond donors (Lipinski definition) is 1. The van der Waals surface area contributed by atoms with Crippen LogP contribution >= 0.6 is 11.3 Å². The molecule has 7 heteroatoms. The highest BCUT2D eigenvalue weighted by Crippen LogP contribution is 2.26. The molecule has 1 N–H and O–H groups in total. The normalized spacial score (nSPS) is 19.0. The summed E-state index contributed by atoms with van der Waals surface area (Å²) in [6.07, 6.45) is 2.63. The van der Waals surface area contributed by atoms with Gasteiger partial charge in [0.05, 0.1) is 9.77 Å². The van der Waals surface area contributed by atoms with E-state index < -0.39 is 10.0 Å². The van der Waals surface area contributed by atoms with Gasteiger partial charge in [0.1, 0.15) is 0 Å². The molecule has 0 radical (unpaired) electrons. The van der Waals surface area contributed by atoms with Gasteiger partial charge in [-0.1, -0.05) is 13.8 Å². The Morgan fingerprint density at radius 1 is 1.45 bits per heavy atom. The molecule has 0 spiro atoms. The molecule has 1 aromatic rings. The molecule has 1 aromatic heterocycles. The van der Waals surface area contributed by atoms with Crippen molar-refractivity contribution in [2.75, 3.05) is 13.1 Å². The molecule has 1 fully saturated rings. The van der Waals surface area contributed by atoms with Crippen LogP contribution < -0.4 is 5.32 Å². The number of nitrogens with one attached hydrogen (secondary N) is 1. The maximum atomic E-state index is 12.6. The van der Waals surface area contributed by atoms with E-state index in [9.17, 15) is 13.2 Å². The van der Waals surface area contributed by atoms with Gasteiger partial charge in [0, 0.05) is 24.5 Å². The van der Waals surface area contributed by atoms with Crippen LogP contribution in [0.15, 0.2) is 16.3 Å². The minimum Gasteiger partial charge on any atom is -0.349 e. The molecule has 1 atom stereocenters. The molecule has 0 saturated carbocycles. The van der Waals surface area contributed by atoms with Crippen LogP contribution in [0.5, 0.6) is 0 Å². The molecule has 5 nitrogen and oxygen atoms in total. The SMILES string of the molecule is CC[C@H](C)NC(=O)c1cc(S(=O)(=O)N2CCC(C)CC2)cs1. The number of amides is 1. The standard InChI is InChI=1S/C15H24N2O3S2/c1-4-12(3)16-15(18)14-9-13(10-21-14)22(19,20)17-7-5-11(2)6-8-17/h9-12H,4-8H2,1-3H3,(H,16,18)/t12-/m0/s1. The first-order valence-electron chi connectivity index (χ1n) is 7.74. The van der Waals surface area contributed by atoms with E-state index in [0.717, 1.165) is 19.3 Å². The van der Waals surface area contributed by atoms with Crippen molar-refractivity contribution in [3.63, 3.8) is 0 Å². The van der Waals surface area contributed by atoms with Gasteiger partial charge in [-0.3, -0.25) is 4.79 Å². The average molecular weight is 345 g/mol. The summed E-state index contributed by atoms with van der Waals surface area (Å²) >= 11 is 1.18. The first-order chi connectivity index (χ1) is 10.3. The molecule has 1 aliphatic rings. The highest BCUT2D eigenvalue weighted by molar-refractivity contribution is 7.89. The molecule has 1 aliphatic heterocycles. The van der Waals surface area contributed by atoms with Crippen LogP contribution in [0.2, 0.25) is 0 Å². The smallest absolute Gasteiger partial charge is 0.261 e. The fourth-order valence-electron chi connectivity index (χ4n) is 2.34. The third-order valence-corrected chi connectivity index (χ3v) is 7.12. The number of piperidine rings is 1. The van der Waals surface area contributed by atoms with Crippen molar-refractivity contribution in [3.8, 4) is 0 Å². The van der Waals surface area contributed by atoms with Crippen LogP contribution in [0, 0.1) is 5.92 Å². The molecule has 1 saturated heterocycles. The number of rotatable bonds is 5. The fraction of sp³-hybridized carbons (Fsp3) is 0.667. The Balaban J connectivity index is 2.11. The van der Waals surface area contributed by atoms with Crippen LogP contribution in [0.4, 0.5) is 0 Å². The van der Waals surface area contributed by atoms with Gasteiger partial charge in [0.2, 0.25) is 10.0 Å². The van der Waals surface area contributed by atoms with E-state index in [2.05, 4.69) is 12.2 Å². The Bertz CT molecular complexity index is 616. The summed E-state index contributed by atoms with van der Waals surface area (Å²) in [7, 11) is -3.47. The second-order valence-electron chi connectivity index (χ2n) is 6.02. The monoisotopic (exact) mass is 344 g/mol. The minimum absolute atomic E-state index is 0.0817. The lowest BCUT2D eigenvalue weighted by molar-refractivity contribution is 0.0943. The van der Waals surface area contributed by atoms with Crippen molar-refractivity contribution < 1.29 is 13.2 Å². The molecule has 124 valence electrons. The fourth-order valence-corrected chi connectivity index (χ4v) is 4.98. The van der Waals surface area contributed by atoms with Crippen molar-refractivity contribution in [2.45, 2.75) is 51.0 Å². The summed E-state index contributed by atoms with van der Waals surface area (Å²) in [5.41, 5.74) is 0. The predicted octanol–water partition coefficient (Wildman–Crippen LogP) is 2.70. The van der Waals surface area contributed by atoms with Gasteiger partial charge in [-0.05, 0) is 38.2 Å². The van der Waals surface area contributed by atoms with E-state index in [4.69, 9.17) is 0 Å². The summed E-state index contributed by atoms with van der Waals surface area (Å²) in [6.45, 7) is 7.19. The third-order valence-electron chi connectivity index (χ3n) is 4.17. The zero-order valence-corrected chi connectivity index (χ0v) is 15.0. The second kappa shape index (κ2) is 7.10.